The summed E-state index contributed by atoms with van der Waals surface area (Å²) in [6, 6.07) is 12.2. The SMILES string of the molecule is Fc1ccc(Nc2ncc(C(F)(F)F)c(Nc3cccc(I)c3)n2)cc1. The molecule has 2 N–H and O–H groups in total. The Labute approximate surface area is 159 Å². The van der Waals surface area contributed by atoms with Gasteiger partial charge < -0.3 is 10.6 Å². The number of nitrogens with one attached hydrogen (secondary N) is 2. The van der Waals surface area contributed by atoms with E-state index in [1.54, 1.807) is 18.2 Å². The quantitative estimate of drug-likeness (QED) is 0.375. The normalized spacial score (nSPS) is 11.3. The molecule has 0 unspecified atom stereocenters. The molecule has 0 fully saturated rings. The predicted molar refractivity (Wildman–Crippen MR) is 99.2 cm³/mol. The van der Waals surface area contributed by atoms with Gasteiger partial charge in [0.15, 0.2) is 0 Å². The van der Waals surface area contributed by atoms with Crippen molar-refractivity contribution >= 4 is 45.7 Å². The number of halogens is 5. The lowest BCUT2D eigenvalue weighted by Crippen LogP contribution is -2.12. The summed E-state index contributed by atoms with van der Waals surface area (Å²) in [7, 11) is 0. The Morgan fingerprint density at radius 2 is 1.65 bits per heavy atom. The summed E-state index contributed by atoms with van der Waals surface area (Å²) in [5.74, 6) is -0.846. The van der Waals surface area contributed by atoms with Crippen LogP contribution in [0.3, 0.4) is 0 Å². The van der Waals surface area contributed by atoms with Crippen molar-refractivity contribution in [2.24, 2.45) is 0 Å². The minimum Gasteiger partial charge on any atom is -0.340 e. The highest BCUT2D eigenvalue weighted by molar-refractivity contribution is 14.1. The van der Waals surface area contributed by atoms with Crippen LogP contribution < -0.4 is 10.6 Å². The van der Waals surface area contributed by atoms with Gasteiger partial charge in [-0.15, -0.1) is 0 Å². The molecule has 0 saturated carbocycles. The monoisotopic (exact) mass is 474 g/mol. The maximum absolute atomic E-state index is 13.2. The van der Waals surface area contributed by atoms with E-state index in [4.69, 9.17) is 0 Å². The molecule has 2 aromatic carbocycles. The van der Waals surface area contributed by atoms with E-state index in [0.717, 1.165) is 3.57 Å². The van der Waals surface area contributed by atoms with Gasteiger partial charge in [0, 0.05) is 21.1 Å². The van der Waals surface area contributed by atoms with E-state index >= 15 is 0 Å². The van der Waals surface area contributed by atoms with E-state index in [1.807, 2.05) is 6.07 Å². The zero-order chi connectivity index (χ0) is 18.7. The highest BCUT2D eigenvalue weighted by Crippen LogP contribution is 2.35. The van der Waals surface area contributed by atoms with Gasteiger partial charge in [-0.05, 0) is 65.1 Å². The standard InChI is InChI=1S/C17H11F4IN4/c18-10-4-6-12(7-5-10)25-16-23-9-14(17(19,20)21)15(26-16)24-13-3-1-2-11(22)8-13/h1-9H,(H2,23,24,25,26). The summed E-state index contributed by atoms with van der Waals surface area (Å²) < 4.78 is 53.6. The number of rotatable bonds is 4. The third-order valence-electron chi connectivity index (χ3n) is 3.28. The Morgan fingerprint density at radius 3 is 2.31 bits per heavy atom. The van der Waals surface area contributed by atoms with Crippen molar-refractivity contribution in [3.63, 3.8) is 0 Å². The molecule has 0 radical (unpaired) electrons. The average Bonchev–Trinajstić information content (AvgIpc) is 2.56. The van der Waals surface area contributed by atoms with Crippen molar-refractivity contribution in [3.8, 4) is 0 Å². The highest BCUT2D eigenvalue weighted by Gasteiger charge is 2.35. The number of aromatic nitrogens is 2. The summed E-state index contributed by atoms with van der Waals surface area (Å²) in [6.07, 6.45) is -3.91. The van der Waals surface area contributed by atoms with Gasteiger partial charge >= 0.3 is 6.18 Å². The first-order valence-electron chi connectivity index (χ1n) is 7.31. The third-order valence-corrected chi connectivity index (χ3v) is 3.95. The molecule has 26 heavy (non-hydrogen) atoms. The van der Waals surface area contributed by atoms with Gasteiger partial charge in [-0.3, -0.25) is 0 Å². The molecule has 0 saturated heterocycles. The zero-order valence-corrected chi connectivity index (χ0v) is 15.1. The second-order valence-electron chi connectivity index (χ2n) is 5.22. The van der Waals surface area contributed by atoms with Gasteiger partial charge in [0.25, 0.3) is 0 Å². The Balaban J connectivity index is 1.94. The molecule has 9 heteroatoms. The number of hydrogen-bond acceptors (Lipinski definition) is 4. The van der Waals surface area contributed by atoms with E-state index in [1.165, 1.54) is 24.3 Å². The second kappa shape index (κ2) is 7.44. The lowest BCUT2D eigenvalue weighted by Gasteiger charge is -2.15. The van der Waals surface area contributed by atoms with Crippen LogP contribution in [0.15, 0.2) is 54.7 Å². The topological polar surface area (TPSA) is 49.8 Å². The first-order valence-corrected chi connectivity index (χ1v) is 8.38. The van der Waals surface area contributed by atoms with Crippen LogP contribution in [0.5, 0.6) is 0 Å². The lowest BCUT2D eigenvalue weighted by atomic mass is 10.2. The zero-order valence-electron chi connectivity index (χ0n) is 13.0. The first kappa shape index (κ1) is 18.4. The van der Waals surface area contributed by atoms with Crippen LogP contribution >= 0.6 is 22.6 Å². The summed E-state index contributed by atoms with van der Waals surface area (Å²) in [6.45, 7) is 0. The van der Waals surface area contributed by atoms with Crippen LogP contribution in [-0.4, -0.2) is 9.97 Å². The fourth-order valence-corrected chi connectivity index (χ4v) is 2.65. The van der Waals surface area contributed by atoms with Crippen LogP contribution in [0.25, 0.3) is 0 Å². The molecule has 1 aromatic heterocycles. The van der Waals surface area contributed by atoms with Gasteiger partial charge in [0.05, 0.1) is 0 Å². The second-order valence-corrected chi connectivity index (χ2v) is 6.47. The van der Waals surface area contributed by atoms with Crippen molar-refractivity contribution in [2.45, 2.75) is 6.18 Å². The molecule has 0 spiro atoms. The van der Waals surface area contributed by atoms with Crippen molar-refractivity contribution in [1.82, 2.24) is 9.97 Å². The summed E-state index contributed by atoms with van der Waals surface area (Å²) in [5.41, 5.74) is -0.0683. The third kappa shape index (κ3) is 4.59. The maximum atomic E-state index is 13.2. The van der Waals surface area contributed by atoms with E-state index < -0.39 is 17.6 Å². The van der Waals surface area contributed by atoms with E-state index in [9.17, 15) is 17.6 Å². The largest absolute Gasteiger partial charge is 0.421 e. The molecule has 0 amide bonds. The fourth-order valence-electron chi connectivity index (χ4n) is 2.11. The van der Waals surface area contributed by atoms with Crippen LogP contribution in [-0.2, 0) is 6.18 Å². The van der Waals surface area contributed by atoms with E-state index in [0.29, 0.717) is 17.6 Å². The molecule has 0 aliphatic heterocycles. The number of alkyl halides is 3. The van der Waals surface area contributed by atoms with Gasteiger partial charge in [0.2, 0.25) is 5.95 Å². The molecule has 3 aromatic rings. The number of nitrogens with zero attached hydrogens (tertiary/aromatic N) is 2. The molecule has 0 aliphatic carbocycles. The lowest BCUT2D eigenvalue weighted by molar-refractivity contribution is -0.137. The van der Waals surface area contributed by atoms with Gasteiger partial charge in [-0.25, -0.2) is 9.37 Å². The smallest absolute Gasteiger partial charge is 0.340 e. The highest BCUT2D eigenvalue weighted by atomic mass is 127. The molecule has 3 rings (SSSR count). The number of benzene rings is 2. The first-order chi connectivity index (χ1) is 12.3. The maximum Gasteiger partial charge on any atom is 0.421 e. The van der Waals surface area contributed by atoms with Crippen molar-refractivity contribution in [3.05, 3.63) is 69.7 Å². The van der Waals surface area contributed by atoms with Gasteiger partial charge in [-0.2, -0.15) is 18.2 Å². The molecule has 0 aliphatic rings. The fraction of sp³-hybridized carbons (Fsp3) is 0.0588. The Hall–Kier alpha value is -2.43. The van der Waals surface area contributed by atoms with Crippen molar-refractivity contribution in [2.75, 3.05) is 10.6 Å². The minimum atomic E-state index is -4.61. The van der Waals surface area contributed by atoms with Crippen molar-refractivity contribution in [1.29, 1.82) is 0 Å². The molecule has 134 valence electrons. The van der Waals surface area contributed by atoms with Gasteiger partial charge in [0.1, 0.15) is 17.2 Å². The molecular formula is C17H11F4IN4. The van der Waals surface area contributed by atoms with Crippen LogP contribution in [0.4, 0.5) is 40.7 Å². The molecule has 4 nitrogen and oxygen atoms in total. The summed E-state index contributed by atoms with van der Waals surface area (Å²) in [5, 5.41) is 5.43. The summed E-state index contributed by atoms with van der Waals surface area (Å²) >= 11 is 2.06. The van der Waals surface area contributed by atoms with E-state index in [2.05, 4.69) is 43.2 Å². The Morgan fingerprint density at radius 1 is 0.923 bits per heavy atom. The predicted octanol–water partition coefficient (Wildman–Crippen LogP) is 5.73. The Bertz CT molecular complexity index is 913. The van der Waals surface area contributed by atoms with Crippen LogP contribution in [0.2, 0.25) is 0 Å². The van der Waals surface area contributed by atoms with Crippen LogP contribution in [0.1, 0.15) is 5.56 Å². The molecule has 0 bridgehead atoms. The molecule has 0 atom stereocenters. The van der Waals surface area contributed by atoms with Crippen LogP contribution in [0, 0.1) is 9.39 Å². The minimum absolute atomic E-state index is 0.0438. The number of hydrogen-bond donors (Lipinski definition) is 2. The number of anilines is 4. The van der Waals surface area contributed by atoms with Crippen molar-refractivity contribution < 1.29 is 17.6 Å². The van der Waals surface area contributed by atoms with E-state index in [-0.39, 0.29) is 11.8 Å². The molecule has 1 heterocycles. The average molecular weight is 474 g/mol. The Kier molecular flexibility index (Phi) is 5.25. The summed E-state index contributed by atoms with van der Waals surface area (Å²) in [4.78, 5) is 7.64. The van der Waals surface area contributed by atoms with Gasteiger partial charge in [-0.1, -0.05) is 6.07 Å². The molecular weight excluding hydrogens is 463 g/mol.